The number of carbonyl (C=O) groups excluding carboxylic acids is 1. The summed E-state index contributed by atoms with van der Waals surface area (Å²) in [6.45, 7) is 2.82. The second-order valence-electron chi connectivity index (χ2n) is 8.44. The van der Waals surface area contributed by atoms with Crippen molar-refractivity contribution in [2.45, 2.75) is 23.8 Å². The summed E-state index contributed by atoms with van der Waals surface area (Å²) in [5.41, 5.74) is 1.29. The molecule has 0 radical (unpaired) electrons. The van der Waals surface area contributed by atoms with Gasteiger partial charge >= 0.3 is 0 Å². The highest BCUT2D eigenvalue weighted by Gasteiger charge is 2.34. The van der Waals surface area contributed by atoms with Crippen LogP contribution in [0.15, 0.2) is 41.3 Å². The average Bonchev–Trinajstić information content (AvgIpc) is 3.38. The highest BCUT2D eigenvalue weighted by Crippen LogP contribution is 2.39. The number of hydrogen-bond donors (Lipinski definition) is 0. The van der Waals surface area contributed by atoms with Crippen molar-refractivity contribution < 1.29 is 32.2 Å². The van der Waals surface area contributed by atoms with Gasteiger partial charge < -0.3 is 23.8 Å². The lowest BCUT2D eigenvalue weighted by Crippen LogP contribution is -2.40. The molecule has 2 aromatic rings. The van der Waals surface area contributed by atoms with E-state index in [1.807, 2.05) is 18.2 Å². The molecule has 1 atom stereocenters. The van der Waals surface area contributed by atoms with E-state index >= 15 is 0 Å². The van der Waals surface area contributed by atoms with Gasteiger partial charge in [-0.05, 0) is 48.7 Å². The quantitative estimate of drug-likeness (QED) is 0.638. The van der Waals surface area contributed by atoms with Crippen molar-refractivity contribution in [3.63, 3.8) is 0 Å². The van der Waals surface area contributed by atoms with Crippen LogP contribution in [-0.4, -0.2) is 76.7 Å². The average molecular weight is 489 g/mol. The number of rotatable bonds is 5. The zero-order valence-electron chi connectivity index (χ0n) is 19.1. The molecule has 182 valence electrons. The Morgan fingerprint density at radius 3 is 2.50 bits per heavy atom. The number of sulfonamides is 1. The molecule has 3 aliphatic heterocycles. The first-order valence-electron chi connectivity index (χ1n) is 11.5. The van der Waals surface area contributed by atoms with E-state index in [9.17, 15) is 13.2 Å². The number of amides is 1. The van der Waals surface area contributed by atoms with Crippen LogP contribution < -0.4 is 14.2 Å². The van der Waals surface area contributed by atoms with Crippen LogP contribution in [-0.2, 0) is 14.8 Å². The van der Waals surface area contributed by atoms with Crippen LogP contribution in [0.25, 0.3) is 0 Å². The predicted molar refractivity (Wildman–Crippen MR) is 123 cm³/mol. The number of methoxy groups -OCH3 is 1. The van der Waals surface area contributed by atoms with Gasteiger partial charge in [0.25, 0.3) is 5.91 Å². The highest BCUT2D eigenvalue weighted by molar-refractivity contribution is 7.89. The second kappa shape index (κ2) is 9.44. The molecule has 0 N–H and O–H groups in total. The molecule has 10 heteroatoms. The van der Waals surface area contributed by atoms with E-state index in [0.29, 0.717) is 50.0 Å². The van der Waals surface area contributed by atoms with Gasteiger partial charge in [-0.1, -0.05) is 6.07 Å². The van der Waals surface area contributed by atoms with E-state index in [2.05, 4.69) is 0 Å². The van der Waals surface area contributed by atoms with Crippen molar-refractivity contribution in [1.29, 1.82) is 0 Å². The smallest absolute Gasteiger partial charge is 0.254 e. The number of hydrogen-bond acceptors (Lipinski definition) is 7. The number of likely N-dealkylation sites (tertiary alicyclic amines) is 1. The Hall–Kier alpha value is -2.82. The summed E-state index contributed by atoms with van der Waals surface area (Å²) in [5, 5.41) is 0. The molecule has 3 heterocycles. The summed E-state index contributed by atoms with van der Waals surface area (Å²) >= 11 is 0. The highest BCUT2D eigenvalue weighted by atomic mass is 32.2. The minimum absolute atomic E-state index is 0.00201. The summed E-state index contributed by atoms with van der Waals surface area (Å²) in [4.78, 5) is 15.4. The molecular weight excluding hydrogens is 460 g/mol. The van der Waals surface area contributed by atoms with Crippen LogP contribution in [0.2, 0.25) is 0 Å². The van der Waals surface area contributed by atoms with Crippen molar-refractivity contribution >= 4 is 15.9 Å². The van der Waals surface area contributed by atoms with Crippen molar-refractivity contribution in [3.8, 4) is 17.2 Å². The molecule has 9 nitrogen and oxygen atoms in total. The molecule has 2 fully saturated rings. The SMILES string of the molecule is COc1ccc(C(=O)N2CCC[C@@H]2c2ccc3c(c2)OCCO3)cc1S(=O)(=O)N1CCOCC1. The summed E-state index contributed by atoms with van der Waals surface area (Å²) in [6.07, 6.45) is 1.68. The van der Waals surface area contributed by atoms with Gasteiger partial charge in [-0.2, -0.15) is 4.31 Å². The fraction of sp³-hybridized carbons (Fsp3) is 0.458. The zero-order chi connectivity index (χ0) is 23.7. The van der Waals surface area contributed by atoms with E-state index in [4.69, 9.17) is 18.9 Å². The molecule has 2 aromatic carbocycles. The molecule has 1 amide bonds. The molecule has 0 unspecified atom stereocenters. The van der Waals surface area contributed by atoms with Crippen LogP contribution in [0.4, 0.5) is 0 Å². The van der Waals surface area contributed by atoms with Crippen molar-refractivity contribution in [2.24, 2.45) is 0 Å². The Morgan fingerprint density at radius 2 is 1.74 bits per heavy atom. The minimum Gasteiger partial charge on any atom is -0.495 e. The Kier molecular flexibility index (Phi) is 6.37. The topological polar surface area (TPSA) is 94.6 Å². The lowest BCUT2D eigenvalue weighted by molar-refractivity contribution is 0.0726. The molecule has 0 saturated carbocycles. The molecule has 5 rings (SSSR count). The van der Waals surface area contributed by atoms with Gasteiger partial charge in [0.15, 0.2) is 11.5 Å². The molecular formula is C24H28N2O7S. The first-order chi connectivity index (χ1) is 16.5. The summed E-state index contributed by atoms with van der Waals surface area (Å²) in [6, 6.07) is 10.3. The molecule has 34 heavy (non-hydrogen) atoms. The fourth-order valence-electron chi connectivity index (χ4n) is 4.73. The normalized spacial score (nSPS) is 20.9. The molecule has 0 spiro atoms. The van der Waals surface area contributed by atoms with E-state index in [0.717, 1.165) is 18.4 Å². The molecule has 0 bridgehead atoms. The van der Waals surface area contributed by atoms with Crippen LogP contribution in [0.5, 0.6) is 17.2 Å². The van der Waals surface area contributed by atoms with E-state index < -0.39 is 10.0 Å². The van der Waals surface area contributed by atoms with Gasteiger partial charge in [0.1, 0.15) is 23.9 Å². The number of benzene rings is 2. The van der Waals surface area contributed by atoms with Crippen LogP contribution in [0, 0.1) is 0 Å². The molecule has 3 aliphatic rings. The van der Waals surface area contributed by atoms with Gasteiger partial charge in [-0.15, -0.1) is 0 Å². The molecule has 0 aliphatic carbocycles. The molecule has 0 aromatic heterocycles. The van der Waals surface area contributed by atoms with Gasteiger partial charge in [0.2, 0.25) is 10.0 Å². The third-order valence-corrected chi connectivity index (χ3v) is 8.38. The van der Waals surface area contributed by atoms with E-state index in [1.165, 1.54) is 17.5 Å². The monoisotopic (exact) mass is 488 g/mol. The molecule has 2 saturated heterocycles. The zero-order valence-corrected chi connectivity index (χ0v) is 19.9. The van der Waals surface area contributed by atoms with Gasteiger partial charge in [-0.25, -0.2) is 8.42 Å². The van der Waals surface area contributed by atoms with Crippen molar-refractivity contribution in [2.75, 3.05) is 53.2 Å². The lowest BCUT2D eigenvalue weighted by Gasteiger charge is -2.28. The lowest BCUT2D eigenvalue weighted by atomic mass is 10.0. The number of morpholine rings is 1. The van der Waals surface area contributed by atoms with Crippen molar-refractivity contribution in [3.05, 3.63) is 47.5 Å². The van der Waals surface area contributed by atoms with Gasteiger partial charge in [0.05, 0.1) is 26.4 Å². The first kappa shape index (κ1) is 22.9. The number of carbonyl (C=O) groups is 1. The van der Waals surface area contributed by atoms with E-state index in [1.54, 1.807) is 17.0 Å². The van der Waals surface area contributed by atoms with Gasteiger partial charge in [0, 0.05) is 25.2 Å². The fourth-order valence-corrected chi connectivity index (χ4v) is 6.32. The maximum atomic E-state index is 13.6. The van der Waals surface area contributed by atoms with Gasteiger partial charge in [-0.3, -0.25) is 4.79 Å². The van der Waals surface area contributed by atoms with Crippen LogP contribution in [0.3, 0.4) is 0 Å². The second-order valence-corrected chi connectivity index (χ2v) is 10.3. The van der Waals surface area contributed by atoms with Crippen molar-refractivity contribution in [1.82, 2.24) is 9.21 Å². The van der Waals surface area contributed by atoms with E-state index in [-0.39, 0.29) is 35.7 Å². The largest absolute Gasteiger partial charge is 0.495 e. The first-order valence-corrected chi connectivity index (χ1v) is 12.9. The summed E-state index contributed by atoms with van der Waals surface area (Å²) in [7, 11) is -2.41. The maximum Gasteiger partial charge on any atom is 0.254 e. The van der Waals surface area contributed by atoms with Crippen LogP contribution >= 0.6 is 0 Å². The van der Waals surface area contributed by atoms with Crippen LogP contribution in [0.1, 0.15) is 34.8 Å². The Bertz CT molecular complexity index is 1180. The summed E-state index contributed by atoms with van der Waals surface area (Å²) in [5.74, 6) is 1.40. The summed E-state index contributed by atoms with van der Waals surface area (Å²) < 4.78 is 50.0. The Labute approximate surface area is 199 Å². The number of nitrogens with zero attached hydrogens (tertiary/aromatic N) is 2. The minimum atomic E-state index is -3.83. The number of fused-ring (bicyclic) bond motifs is 1. The maximum absolute atomic E-state index is 13.6. The number of ether oxygens (including phenoxy) is 4. The Morgan fingerprint density at radius 1 is 0.971 bits per heavy atom. The predicted octanol–water partition coefficient (Wildman–Crippen LogP) is 2.46. The standard InChI is InChI=1S/C24H28N2O7S/c1-30-21-7-5-18(16-23(21)34(28,29)25-9-11-31-12-10-25)24(27)26-8-2-3-19(26)17-4-6-20-22(15-17)33-14-13-32-20/h4-7,15-16,19H,2-3,8-14H2,1H3/t19-/m1/s1. The Balaban J connectivity index is 1.44. The third kappa shape index (κ3) is 4.21. The third-order valence-electron chi connectivity index (χ3n) is 6.46.